The van der Waals surface area contributed by atoms with E-state index in [9.17, 15) is 9.59 Å². The summed E-state index contributed by atoms with van der Waals surface area (Å²) in [7, 11) is 0. The Hall–Kier alpha value is -2.40. The van der Waals surface area contributed by atoms with Crippen LogP contribution in [0, 0.1) is 0 Å². The second-order valence-electron chi connectivity index (χ2n) is 6.23. The van der Waals surface area contributed by atoms with Crippen LogP contribution in [0.5, 0.6) is 0 Å². The molecule has 0 spiro atoms. The zero-order valence-corrected chi connectivity index (χ0v) is 15.1. The molecule has 1 amide bonds. The van der Waals surface area contributed by atoms with Gasteiger partial charge in [-0.15, -0.1) is 0 Å². The molecule has 0 saturated heterocycles. The van der Waals surface area contributed by atoms with E-state index in [1.54, 1.807) is 4.57 Å². The molecule has 0 aliphatic carbocycles. The monoisotopic (exact) mass is 354 g/mol. The zero-order chi connectivity index (χ0) is 17.6. The molecule has 0 aliphatic rings. The number of carbonyl (C=O) groups excluding carboxylic acids is 1. The Morgan fingerprint density at radius 3 is 2.64 bits per heavy atom. The van der Waals surface area contributed by atoms with Crippen molar-refractivity contribution in [2.45, 2.75) is 38.8 Å². The van der Waals surface area contributed by atoms with E-state index in [0.29, 0.717) is 13.0 Å². The number of aromatic nitrogens is 1. The van der Waals surface area contributed by atoms with Crippen molar-refractivity contribution >= 4 is 27.5 Å². The van der Waals surface area contributed by atoms with Crippen LogP contribution in [-0.4, -0.2) is 16.5 Å². The van der Waals surface area contributed by atoms with Gasteiger partial charge in [-0.2, -0.15) is 0 Å². The van der Waals surface area contributed by atoms with E-state index >= 15 is 0 Å². The Labute approximate surface area is 151 Å². The molecule has 5 heteroatoms. The lowest BCUT2D eigenvalue weighted by Crippen LogP contribution is -2.33. The van der Waals surface area contributed by atoms with Gasteiger partial charge in [0.15, 0.2) is 0 Å². The molecule has 1 atom stereocenters. The molecule has 130 valence electrons. The third-order valence-electron chi connectivity index (χ3n) is 4.25. The quantitative estimate of drug-likeness (QED) is 0.705. The summed E-state index contributed by atoms with van der Waals surface area (Å²) in [5.41, 5.74) is 2.18. The number of benzene rings is 2. The predicted octanol–water partition coefficient (Wildman–Crippen LogP) is 3.59. The molecule has 1 heterocycles. The zero-order valence-electron chi connectivity index (χ0n) is 14.3. The second-order valence-corrected chi connectivity index (χ2v) is 7.22. The highest BCUT2D eigenvalue weighted by molar-refractivity contribution is 7.16. The Bertz CT molecular complexity index is 899. The van der Waals surface area contributed by atoms with Gasteiger partial charge in [-0.1, -0.05) is 53.8 Å². The number of aryl methyl sites for hydroxylation is 2. The van der Waals surface area contributed by atoms with Gasteiger partial charge in [0.05, 0.1) is 10.2 Å². The smallest absolute Gasteiger partial charge is 0.308 e. The summed E-state index contributed by atoms with van der Waals surface area (Å²) >= 11 is 1.23. The lowest BCUT2D eigenvalue weighted by atomic mass is 10.1. The van der Waals surface area contributed by atoms with Crippen LogP contribution >= 0.6 is 11.3 Å². The van der Waals surface area contributed by atoms with Crippen molar-refractivity contribution in [2.75, 3.05) is 0 Å². The molecule has 0 aliphatic heterocycles. The Morgan fingerprint density at radius 2 is 1.84 bits per heavy atom. The minimum absolute atomic E-state index is 0.00822. The molecule has 4 nitrogen and oxygen atoms in total. The molecule has 3 rings (SSSR count). The van der Waals surface area contributed by atoms with Gasteiger partial charge in [0.25, 0.3) is 0 Å². The molecule has 0 bridgehead atoms. The highest BCUT2D eigenvalue weighted by atomic mass is 32.1. The number of nitrogens with one attached hydrogen (secondary N) is 1. The maximum absolute atomic E-state index is 12.2. The highest BCUT2D eigenvalue weighted by Gasteiger charge is 2.11. The normalized spacial score (nSPS) is 12.2. The van der Waals surface area contributed by atoms with Crippen molar-refractivity contribution in [3.63, 3.8) is 0 Å². The van der Waals surface area contributed by atoms with Crippen LogP contribution in [0.4, 0.5) is 0 Å². The molecule has 2 aromatic carbocycles. The maximum atomic E-state index is 12.2. The van der Waals surface area contributed by atoms with Gasteiger partial charge in [-0.25, -0.2) is 0 Å². The first-order chi connectivity index (χ1) is 12.1. The van der Waals surface area contributed by atoms with Crippen LogP contribution in [-0.2, 0) is 17.8 Å². The SMILES string of the molecule is CC(CCc1ccccc1)NC(=O)CCn1c(=O)sc2ccccc21. The molecule has 1 aromatic heterocycles. The van der Waals surface area contributed by atoms with Crippen molar-refractivity contribution in [3.8, 4) is 0 Å². The molecule has 1 N–H and O–H groups in total. The summed E-state index contributed by atoms with van der Waals surface area (Å²) in [6.45, 7) is 2.44. The van der Waals surface area contributed by atoms with Gasteiger partial charge >= 0.3 is 4.87 Å². The number of hydrogen-bond donors (Lipinski definition) is 1. The van der Waals surface area contributed by atoms with Gasteiger partial charge in [-0.3, -0.25) is 14.2 Å². The fourth-order valence-corrected chi connectivity index (χ4v) is 3.80. The van der Waals surface area contributed by atoms with E-state index in [1.807, 2.05) is 49.4 Å². The van der Waals surface area contributed by atoms with E-state index in [-0.39, 0.29) is 16.8 Å². The summed E-state index contributed by atoms with van der Waals surface area (Å²) in [5.74, 6) is -0.0113. The van der Waals surface area contributed by atoms with E-state index in [4.69, 9.17) is 0 Å². The Morgan fingerprint density at radius 1 is 1.12 bits per heavy atom. The first-order valence-electron chi connectivity index (χ1n) is 8.55. The first kappa shape index (κ1) is 17.4. The lowest BCUT2D eigenvalue weighted by molar-refractivity contribution is -0.121. The second kappa shape index (κ2) is 8.12. The van der Waals surface area contributed by atoms with Gasteiger partial charge in [0.1, 0.15) is 0 Å². The summed E-state index contributed by atoms with van der Waals surface area (Å²) < 4.78 is 2.65. The first-order valence-corrected chi connectivity index (χ1v) is 9.37. The molecule has 0 fully saturated rings. The van der Waals surface area contributed by atoms with Gasteiger partial charge < -0.3 is 5.32 Å². The standard InChI is InChI=1S/C20H22N2O2S/c1-15(11-12-16-7-3-2-4-8-16)21-19(23)13-14-22-17-9-5-6-10-18(17)25-20(22)24/h2-10,15H,11-14H2,1H3,(H,21,23). The minimum atomic E-state index is -0.0113. The molecular weight excluding hydrogens is 332 g/mol. The molecule has 25 heavy (non-hydrogen) atoms. The van der Waals surface area contributed by atoms with Crippen molar-refractivity contribution in [2.24, 2.45) is 0 Å². The van der Waals surface area contributed by atoms with Crippen molar-refractivity contribution in [1.29, 1.82) is 0 Å². The predicted molar refractivity (Wildman–Crippen MR) is 103 cm³/mol. The third-order valence-corrected chi connectivity index (χ3v) is 5.21. The van der Waals surface area contributed by atoms with Gasteiger partial charge in [-0.05, 0) is 37.5 Å². The van der Waals surface area contributed by atoms with E-state index < -0.39 is 0 Å². The largest absolute Gasteiger partial charge is 0.354 e. The summed E-state index contributed by atoms with van der Waals surface area (Å²) in [6, 6.07) is 18.1. The number of nitrogens with zero attached hydrogens (tertiary/aromatic N) is 1. The average molecular weight is 354 g/mol. The van der Waals surface area contributed by atoms with Crippen LogP contribution in [0.25, 0.3) is 10.2 Å². The van der Waals surface area contributed by atoms with E-state index in [2.05, 4.69) is 17.4 Å². The molecule has 0 saturated carbocycles. The van der Waals surface area contributed by atoms with E-state index in [1.165, 1.54) is 16.9 Å². The minimum Gasteiger partial charge on any atom is -0.354 e. The van der Waals surface area contributed by atoms with Crippen molar-refractivity contribution in [3.05, 3.63) is 69.8 Å². The maximum Gasteiger partial charge on any atom is 0.308 e. The number of rotatable bonds is 7. The molecule has 3 aromatic rings. The van der Waals surface area contributed by atoms with Crippen LogP contribution in [0.15, 0.2) is 59.4 Å². The van der Waals surface area contributed by atoms with Gasteiger partial charge in [0.2, 0.25) is 5.91 Å². The topological polar surface area (TPSA) is 51.1 Å². The van der Waals surface area contributed by atoms with Crippen molar-refractivity contribution < 1.29 is 4.79 Å². The van der Waals surface area contributed by atoms with E-state index in [0.717, 1.165) is 23.1 Å². The Kier molecular flexibility index (Phi) is 5.66. The number of para-hydroxylation sites is 1. The fraction of sp³-hybridized carbons (Fsp3) is 0.300. The summed E-state index contributed by atoms with van der Waals surface area (Å²) in [4.78, 5) is 24.3. The number of carbonyl (C=O) groups is 1. The highest BCUT2D eigenvalue weighted by Crippen LogP contribution is 2.16. The number of hydrogen-bond acceptors (Lipinski definition) is 3. The molecule has 1 unspecified atom stereocenters. The Balaban J connectivity index is 1.50. The summed E-state index contributed by atoms with van der Waals surface area (Å²) in [5, 5.41) is 3.03. The number of fused-ring (bicyclic) bond motifs is 1. The number of amides is 1. The summed E-state index contributed by atoms with van der Waals surface area (Å²) in [6.07, 6.45) is 2.16. The lowest BCUT2D eigenvalue weighted by Gasteiger charge is -2.14. The van der Waals surface area contributed by atoms with Crippen LogP contribution < -0.4 is 10.2 Å². The molecule has 0 radical (unpaired) electrons. The van der Waals surface area contributed by atoms with Crippen LogP contribution in [0.2, 0.25) is 0 Å². The van der Waals surface area contributed by atoms with Crippen molar-refractivity contribution in [1.82, 2.24) is 9.88 Å². The third kappa shape index (κ3) is 4.57. The number of thiazole rings is 1. The van der Waals surface area contributed by atoms with Gasteiger partial charge in [0, 0.05) is 19.0 Å². The fourth-order valence-electron chi connectivity index (χ4n) is 2.89. The van der Waals surface area contributed by atoms with Crippen LogP contribution in [0.1, 0.15) is 25.3 Å². The molecular formula is C20H22N2O2S. The van der Waals surface area contributed by atoms with Crippen LogP contribution in [0.3, 0.4) is 0 Å². The average Bonchev–Trinajstić information content (AvgIpc) is 2.94.